The van der Waals surface area contributed by atoms with Crippen LogP contribution in [0.15, 0.2) is 53.1 Å². The molecule has 0 saturated heterocycles. The number of rotatable bonds is 4. The topological polar surface area (TPSA) is 62.5 Å². The maximum atomic E-state index is 11.5. The van der Waals surface area contributed by atoms with Gasteiger partial charge in [0.2, 0.25) is 0 Å². The van der Waals surface area contributed by atoms with Gasteiger partial charge in [-0.05, 0) is 17.7 Å². The summed E-state index contributed by atoms with van der Waals surface area (Å²) in [7, 11) is 0. The summed E-state index contributed by atoms with van der Waals surface area (Å²) in [5.41, 5.74) is 0.771. The number of hydrogen-bond donors (Lipinski definition) is 2. The lowest BCUT2D eigenvalue weighted by molar-refractivity contribution is 0.0889. The molecule has 4 heteroatoms. The molecule has 1 heterocycles. The molecular formula is C13H13NO3. The van der Waals surface area contributed by atoms with E-state index in [1.807, 2.05) is 30.3 Å². The number of hydrogen-bond acceptors (Lipinski definition) is 3. The second-order valence-electron chi connectivity index (χ2n) is 3.61. The molecule has 0 aliphatic carbocycles. The Morgan fingerprint density at radius 1 is 1.24 bits per heavy atom. The van der Waals surface area contributed by atoms with Gasteiger partial charge in [-0.3, -0.25) is 4.79 Å². The van der Waals surface area contributed by atoms with Crippen LogP contribution in [0.25, 0.3) is 0 Å². The summed E-state index contributed by atoms with van der Waals surface area (Å²) in [4.78, 5) is 11.5. The molecule has 1 aromatic heterocycles. The lowest BCUT2D eigenvalue weighted by atomic mass is 10.1. The summed E-state index contributed by atoms with van der Waals surface area (Å²) in [5.74, 6) is -0.0877. The van der Waals surface area contributed by atoms with Gasteiger partial charge in [-0.25, -0.2) is 0 Å². The minimum Gasteiger partial charge on any atom is -0.459 e. The molecule has 2 N–H and O–H groups in total. The monoisotopic (exact) mass is 231 g/mol. The average Bonchev–Trinajstić information content (AvgIpc) is 2.90. The van der Waals surface area contributed by atoms with Crippen molar-refractivity contribution < 1.29 is 14.3 Å². The molecule has 88 valence electrons. The number of carbonyl (C=O) groups is 1. The van der Waals surface area contributed by atoms with Crippen LogP contribution < -0.4 is 5.32 Å². The van der Waals surface area contributed by atoms with E-state index in [0.29, 0.717) is 0 Å². The largest absolute Gasteiger partial charge is 0.459 e. The third-order valence-electron chi connectivity index (χ3n) is 2.39. The molecule has 0 aliphatic heterocycles. The lowest BCUT2D eigenvalue weighted by Crippen LogP contribution is -2.27. The molecule has 0 radical (unpaired) electrons. The third-order valence-corrected chi connectivity index (χ3v) is 2.39. The number of carbonyl (C=O) groups excluding carboxylic acids is 1. The summed E-state index contributed by atoms with van der Waals surface area (Å²) in [5, 5.41) is 12.4. The Balaban J connectivity index is 1.89. The highest BCUT2D eigenvalue weighted by Crippen LogP contribution is 2.10. The van der Waals surface area contributed by atoms with E-state index in [9.17, 15) is 9.90 Å². The minimum absolute atomic E-state index is 0.156. The molecule has 1 atom stereocenters. The molecule has 2 rings (SSSR count). The van der Waals surface area contributed by atoms with Crippen molar-refractivity contribution in [2.45, 2.75) is 6.10 Å². The van der Waals surface area contributed by atoms with Gasteiger partial charge in [0.25, 0.3) is 5.91 Å². The van der Waals surface area contributed by atoms with Gasteiger partial charge in [-0.15, -0.1) is 0 Å². The van der Waals surface area contributed by atoms with Crippen LogP contribution in [-0.4, -0.2) is 17.6 Å². The first-order chi connectivity index (χ1) is 8.27. The second-order valence-corrected chi connectivity index (χ2v) is 3.61. The molecule has 0 fully saturated rings. The molecule has 1 aromatic carbocycles. The Hall–Kier alpha value is -2.07. The molecular weight excluding hydrogens is 218 g/mol. The first kappa shape index (κ1) is 11.4. The van der Waals surface area contributed by atoms with Crippen molar-refractivity contribution in [1.29, 1.82) is 0 Å². The van der Waals surface area contributed by atoms with Gasteiger partial charge in [0, 0.05) is 6.54 Å². The summed E-state index contributed by atoms with van der Waals surface area (Å²) in [6, 6.07) is 12.4. The Morgan fingerprint density at radius 2 is 2.00 bits per heavy atom. The minimum atomic E-state index is -0.713. The van der Waals surface area contributed by atoms with Gasteiger partial charge in [0.1, 0.15) is 0 Å². The van der Waals surface area contributed by atoms with Gasteiger partial charge >= 0.3 is 0 Å². The van der Waals surface area contributed by atoms with E-state index < -0.39 is 6.10 Å². The van der Waals surface area contributed by atoms with Crippen molar-refractivity contribution in [2.75, 3.05) is 6.54 Å². The van der Waals surface area contributed by atoms with Crippen molar-refractivity contribution in [3.63, 3.8) is 0 Å². The molecule has 1 amide bonds. The Labute approximate surface area is 98.9 Å². The zero-order valence-electron chi connectivity index (χ0n) is 9.17. The molecule has 17 heavy (non-hydrogen) atoms. The summed E-state index contributed by atoms with van der Waals surface area (Å²) in [6.07, 6.45) is 0.720. The summed E-state index contributed by atoms with van der Waals surface area (Å²) >= 11 is 0. The molecule has 4 nitrogen and oxygen atoms in total. The predicted molar refractivity (Wildman–Crippen MR) is 62.4 cm³/mol. The highest BCUT2D eigenvalue weighted by atomic mass is 16.3. The van der Waals surface area contributed by atoms with E-state index in [2.05, 4.69) is 5.32 Å². The van der Waals surface area contributed by atoms with E-state index in [0.717, 1.165) is 5.56 Å². The number of furan rings is 1. The Bertz CT molecular complexity index is 465. The Kier molecular flexibility index (Phi) is 3.57. The smallest absolute Gasteiger partial charge is 0.287 e. The van der Waals surface area contributed by atoms with E-state index in [1.165, 1.54) is 6.26 Å². The SMILES string of the molecule is O=C(NC[C@@H](O)c1ccccc1)c1ccco1. The fourth-order valence-corrected chi connectivity index (χ4v) is 1.48. The predicted octanol–water partition coefficient (Wildman–Crippen LogP) is 1.74. The lowest BCUT2D eigenvalue weighted by Gasteiger charge is -2.11. The van der Waals surface area contributed by atoms with Crippen molar-refractivity contribution >= 4 is 5.91 Å². The molecule has 0 unspecified atom stereocenters. The molecule has 0 spiro atoms. The van der Waals surface area contributed by atoms with Gasteiger partial charge in [-0.1, -0.05) is 30.3 Å². The third kappa shape index (κ3) is 2.95. The Morgan fingerprint density at radius 3 is 2.65 bits per heavy atom. The van der Waals surface area contributed by atoms with Crippen molar-refractivity contribution in [2.24, 2.45) is 0 Å². The van der Waals surface area contributed by atoms with E-state index in [4.69, 9.17) is 4.42 Å². The standard InChI is InChI=1S/C13H13NO3/c15-11(10-5-2-1-3-6-10)9-14-13(16)12-7-4-8-17-12/h1-8,11,15H,9H2,(H,14,16)/t11-/m1/s1. The number of aliphatic hydroxyl groups is 1. The van der Waals surface area contributed by atoms with E-state index in [1.54, 1.807) is 12.1 Å². The van der Waals surface area contributed by atoms with Crippen LogP contribution in [-0.2, 0) is 0 Å². The molecule has 0 aliphatic rings. The van der Waals surface area contributed by atoms with Crippen molar-refractivity contribution in [1.82, 2.24) is 5.32 Å². The van der Waals surface area contributed by atoms with Crippen LogP contribution in [0, 0.1) is 0 Å². The number of benzene rings is 1. The second kappa shape index (κ2) is 5.32. The molecule has 0 saturated carbocycles. The highest BCUT2D eigenvalue weighted by Gasteiger charge is 2.11. The summed E-state index contributed by atoms with van der Waals surface area (Å²) < 4.78 is 4.94. The first-order valence-corrected chi connectivity index (χ1v) is 5.32. The van der Waals surface area contributed by atoms with E-state index in [-0.39, 0.29) is 18.2 Å². The maximum Gasteiger partial charge on any atom is 0.287 e. The van der Waals surface area contributed by atoms with Crippen molar-refractivity contribution in [3.8, 4) is 0 Å². The first-order valence-electron chi connectivity index (χ1n) is 5.32. The zero-order chi connectivity index (χ0) is 12.1. The van der Waals surface area contributed by atoms with Crippen LogP contribution in [0.5, 0.6) is 0 Å². The van der Waals surface area contributed by atoms with Crippen LogP contribution in [0.1, 0.15) is 22.2 Å². The summed E-state index contributed by atoms with van der Waals surface area (Å²) in [6.45, 7) is 0.156. The zero-order valence-corrected chi connectivity index (χ0v) is 9.17. The fraction of sp³-hybridized carbons (Fsp3) is 0.154. The van der Waals surface area contributed by atoms with Gasteiger partial charge in [0.15, 0.2) is 5.76 Å². The van der Waals surface area contributed by atoms with Crippen LogP contribution in [0.2, 0.25) is 0 Å². The van der Waals surface area contributed by atoms with Gasteiger partial charge < -0.3 is 14.8 Å². The molecule has 2 aromatic rings. The van der Waals surface area contributed by atoms with Crippen molar-refractivity contribution in [3.05, 3.63) is 60.1 Å². The maximum absolute atomic E-state index is 11.5. The average molecular weight is 231 g/mol. The van der Waals surface area contributed by atoms with Gasteiger partial charge in [-0.2, -0.15) is 0 Å². The fourth-order valence-electron chi connectivity index (χ4n) is 1.48. The number of nitrogens with one attached hydrogen (secondary N) is 1. The van der Waals surface area contributed by atoms with Crippen LogP contribution in [0.3, 0.4) is 0 Å². The highest BCUT2D eigenvalue weighted by molar-refractivity contribution is 5.91. The van der Waals surface area contributed by atoms with Gasteiger partial charge in [0.05, 0.1) is 12.4 Å². The number of amides is 1. The van der Waals surface area contributed by atoms with Crippen LogP contribution >= 0.6 is 0 Å². The quantitative estimate of drug-likeness (QED) is 0.842. The van der Waals surface area contributed by atoms with E-state index >= 15 is 0 Å². The van der Waals surface area contributed by atoms with Crippen LogP contribution in [0.4, 0.5) is 0 Å². The normalized spacial score (nSPS) is 12.1. The molecule has 0 bridgehead atoms. The number of aliphatic hydroxyl groups excluding tert-OH is 1.